The summed E-state index contributed by atoms with van der Waals surface area (Å²) < 4.78 is 0. The molecule has 0 unspecified atom stereocenters. The van der Waals surface area contributed by atoms with Crippen LogP contribution in [0.3, 0.4) is 0 Å². The molecule has 2 heteroatoms. The second kappa shape index (κ2) is 6.05. The third-order valence-electron chi connectivity index (χ3n) is 6.00. The number of hydrogen-bond donors (Lipinski definition) is 0. The highest BCUT2D eigenvalue weighted by Gasteiger charge is 2.22. The van der Waals surface area contributed by atoms with Gasteiger partial charge in [-0.2, -0.15) is 0 Å². The molecule has 1 aromatic heterocycles. The van der Waals surface area contributed by atoms with E-state index in [1.54, 1.807) is 0 Å². The summed E-state index contributed by atoms with van der Waals surface area (Å²) in [6.07, 6.45) is 3.39. The van der Waals surface area contributed by atoms with Gasteiger partial charge < -0.3 is 0 Å². The van der Waals surface area contributed by atoms with Crippen molar-refractivity contribution < 1.29 is 0 Å². The molecule has 5 aromatic rings. The van der Waals surface area contributed by atoms with Crippen molar-refractivity contribution in [3.05, 3.63) is 88.9 Å². The first-order chi connectivity index (χ1) is 13.8. The van der Waals surface area contributed by atoms with Crippen LogP contribution in [0, 0.1) is 0 Å². The first-order valence-electron chi connectivity index (χ1n) is 9.81. The van der Waals surface area contributed by atoms with Crippen molar-refractivity contribution in [2.24, 2.45) is 0 Å². The Morgan fingerprint density at radius 2 is 1.54 bits per heavy atom. The van der Waals surface area contributed by atoms with Crippen LogP contribution < -0.4 is 0 Å². The largest absolute Gasteiger partial charge is 0.247 e. The first-order valence-corrected chi connectivity index (χ1v) is 10.2. The normalized spacial score (nSPS) is 13.5. The zero-order valence-corrected chi connectivity index (χ0v) is 16.1. The Morgan fingerprint density at radius 3 is 2.39 bits per heavy atom. The zero-order chi connectivity index (χ0) is 18.7. The lowest BCUT2D eigenvalue weighted by molar-refractivity contribution is 0.913. The van der Waals surface area contributed by atoms with Gasteiger partial charge in [-0.15, -0.1) is 0 Å². The van der Waals surface area contributed by atoms with Crippen LogP contribution in [0.25, 0.3) is 43.7 Å². The van der Waals surface area contributed by atoms with Crippen molar-refractivity contribution in [3.63, 3.8) is 0 Å². The van der Waals surface area contributed by atoms with Gasteiger partial charge in [0.15, 0.2) is 0 Å². The molecule has 1 aliphatic carbocycles. The van der Waals surface area contributed by atoms with E-state index in [-0.39, 0.29) is 0 Å². The van der Waals surface area contributed by atoms with Gasteiger partial charge in [-0.1, -0.05) is 54.1 Å². The average Bonchev–Trinajstić information content (AvgIpc) is 3.21. The van der Waals surface area contributed by atoms with Gasteiger partial charge in [-0.05, 0) is 82.3 Å². The molecular formula is C26H18ClN. The van der Waals surface area contributed by atoms with Gasteiger partial charge >= 0.3 is 0 Å². The van der Waals surface area contributed by atoms with E-state index in [1.165, 1.54) is 44.5 Å². The molecule has 0 fully saturated rings. The highest BCUT2D eigenvalue weighted by molar-refractivity contribution is 6.30. The van der Waals surface area contributed by atoms with Gasteiger partial charge in [-0.25, -0.2) is 4.98 Å². The van der Waals surface area contributed by atoms with E-state index in [2.05, 4.69) is 54.6 Å². The van der Waals surface area contributed by atoms with E-state index in [0.29, 0.717) is 0 Å². The lowest BCUT2D eigenvalue weighted by Crippen LogP contribution is -1.96. The number of pyridine rings is 1. The number of benzene rings is 4. The van der Waals surface area contributed by atoms with Crippen LogP contribution in [-0.4, -0.2) is 4.98 Å². The number of fused-ring (bicyclic) bond motifs is 6. The van der Waals surface area contributed by atoms with Crippen molar-refractivity contribution in [2.45, 2.75) is 19.3 Å². The Balaban J connectivity index is 1.73. The lowest BCUT2D eigenvalue weighted by atomic mass is 9.94. The summed E-state index contributed by atoms with van der Waals surface area (Å²) in [5, 5.41) is 7.28. The molecule has 6 rings (SSSR count). The molecule has 0 bridgehead atoms. The Morgan fingerprint density at radius 1 is 0.714 bits per heavy atom. The summed E-state index contributed by atoms with van der Waals surface area (Å²) in [7, 11) is 0. The molecule has 0 amide bonds. The fourth-order valence-electron chi connectivity index (χ4n) is 4.76. The highest BCUT2D eigenvalue weighted by Crippen LogP contribution is 2.40. The topological polar surface area (TPSA) is 12.9 Å². The van der Waals surface area contributed by atoms with Crippen molar-refractivity contribution in [2.75, 3.05) is 0 Å². The predicted molar refractivity (Wildman–Crippen MR) is 119 cm³/mol. The molecule has 0 radical (unpaired) electrons. The molecule has 0 atom stereocenters. The average molecular weight is 380 g/mol. The number of aryl methyl sites for hydroxylation is 1. The number of aromatic nitrogens is 1. The number of rotatable bonds is 1. The molecule has 1 heterocycles. The van der Waals surface area contributed by atoms with E-state index in [4.69, 9.17) is 16.6 Å². The van der Waals surface area contributed by atoms with Gasteiger partial charge in [0, 0.05) is 16.0 Å². The Labute approximate surface area is 168 Å². The van der Waals surface area contributed by atoms with Crippen LogP contribution in [0.15, 0.2) is 72.8 Å². The fourth-order valence-corrected chi connectivity index (χ4v) is 4.95. The van der Waals surface area contributed by atoms with Crippen LogP contribution >= 0.6 is 11.6 Å². The lowest BCUT2D eigenvalue weighted by Gasteiger charge is -2.14. The standard InChI is InChI=1S/C26H18ClN/c27-20-8-3-7-19(14-20)26-22-10-4-9-21(22)25-23-15-17-6-2-1-5-16(17)13-18(23)11-12-24(25)28-26/h1-3,5-8,11-15H,4,9-10H2. The van der Waals surface area contributed by atoms with E-state index >= 15 is 0 Å². The predicted octanol–water partition coefficient (Wildman–Crippen LogP) is 7.35. The quantitative estimate of drug-likeness (QED) is 0.219. The van der Waals surface area contributed by atoms with Crippen molar-refractivity contribution in [3.8, 4) is 11.3 Å². The molecule has 4 aromatic carbocycles. The van der Waals surface area contributed by atoms with Gasteiger partial charge in [0.05, 0.1) is 11.2 Å². The monoisotopic (exact) mass is 379 g/mol. The maximum atomic E-state index is 6.27. The molecule has 0 saturated carbocycles. The minimum Gasteiger partial charge on any atom is -0.247 e. The molecule has 1 aliphatic rings. The second-order valence-corrected chi connectivity index (χ2v) is 8.10. The smallest absolute Gasteiger partial charge is 0.0744 e. The summed E-state index contributed by atoms with van der Waals surface area (Å²) in [4.78, 5) is 5.13. The van der Waals surface area contributed by atoms with Crippen LogP contribution in [0.2, 0.25) is 5.02 Å². The summed E-state index contributed by atoms with van der Waals surface area (Å²) in [5.74, 6) is 0. The van der Waals surface area contributed by atoms with E-state index < -0.39 is 0 Å². The fraction of sp³-hybridized carbons (Fsp3) is 0.115. The third kappa shape index (κ3) is 2.36. The van der Waals surface area contributed by atoms with Crippen LogP contribution in [0.4, 0.5) is 0 Å². The van der Waals surface area contributed by atoms with Crippen LogP contribution in [-0.2, 0) is 12.8 Å². The minimum absolute atomic E-state index is 0.760. The Kier molecular flexibility index (Phi) is 3.48. The Bertz CT molecular complexity index is 1400. The first kappa shape index (κ1) is 16.1. The number of halogens is 1. The highest BCUT2D eigenvalue weighted by atomic mass is 35.5. The van der Waals surface area contributed by atoms with Crippen molar-refractivity contribution in [1.82, 2.24) is 4.98 Å². The van der Waals surface area contributed by atoms with Gasteiger partial charge in [0.2, 0.25) is 0 Å². The molecular weight excluding hydrogens is 362 g/mol. The summed E-state index contributed by atoms with van der Waals surface area (Å²) in [6, 6.07) is 25.7. The molecule has 28 heavy (non-hydrogen) atoms. The van der Waals surface area contributed by atoms with E-state index in [0.717, 1.165) is 34.6 Å². The second-order valence-electron chi connectivity index (χ2n) is 7.66. The molecule has 0 aliphatic heterocycles. The molecule has 0 spiro atoms. The third-order valence-corrected chi connectivity index (χ3v) is 6.23. The summed E-state index contributed by atoms with van der Waals surface area (Å²) >= 11 is 6.27. The van der Waals surface area contributed by atoms with Crippen molar-refractivity contribution in [1.29, 1.82) is 0 Å². The molecule has 0 N–H and O–H groups in total. The zero-order valence-electron chi connectivity index (χ0n) is 15.4. The maximum absolute atomic E-state index is 6.27. The van der Waals surface area contributed by atoms with E-state index in [1.807, 2.05) is 18.2 Å². The van der Waals surface area contributed by atoms with E-state index in [9.17, 15) is 0 Å². The number of hydrogen-bond acceptors (Lipinski definition) is 1. The van der Waals surface area contributed by atoms with Gasteiger partial charge in [0.1, 0.15) is 0 Å². The maximum Gasteiger partial charge on any atom is 0.0744 e. The molecule has 0 saturated heterocycles. The van der Waals surface area contributed by atoms with Crippen LogP contribution in [0.1, 0.15) is 17.5 Å². The Hall–Kier alpha value is -2.90. The van der Waals surface area contributed by atoms with Crippen molar-refractivity contribution >= 4 is 44.0 Å². The molecule has 1 nitrogen and oxygen atoms in total. The minimum atomic E-state index is 0.760. The van der Waals surface area contributed by atoms with Gasteiger partial charge in [0.25, 0.3) is 0 Å². The molecule has 134 valence electrons. The van der Waals surface area contributed by atoms with Gasteiger partial charge in [-0.3, -0.25) is 0 Å². The SMILES string of the molecule is Clc1cccc(-c2nc3ccc4cc5ccccc5cc4c3c3c2CCC3)c1. The number of nitrogens with zero attached hydrogens (tertiary/aromatic N) is 1. The summed E-state index contributed by atoms with van der Waals surface area (Å²) in [6.45, 7) is 0. The van der Waals surface area contributed by atoms with Crippen LogP contribution in [0.5, 0.6) is 0 Å². The summed E-state index contributed by atoms with van der Waals surface area (Å²) in [5.41, 5.74) is 6.17.